The predicted molar refractivity (Wildman–Crippen MR) is 49.3 cm³/mol. The lowest BCUT2D eigenvalue weighted by Gasteiger charge is -2.03. The fraction of sp³-hybridized carbons (Fsp3) is 0.600. The van der Waals surface area contributed by atoms with E-state index < -0.39 is 5.97 Å². The van der Waals surface area contributed by atoms with Crippen LogP contribution in [0.4, 0.5) is 0 Å². The van der Waals surface area contributed by atoms with Gasteiger partial charge in [0, 0.05) is 5.92 Å². The second-order valence-corrected chi connectivity index (χ2v) is 4.12. The standard InChI is InChI=1S/C10H13NO3/c1-2-7(9(13)14)11-8(12)6-5-10(6)3-4-10/h2,6H,3-5H2,1H3,(H,11,12)(H,13,14)/b7-2+. The van der Waals surface area contributed by atoms with Crippen LogP contribution >= 0.6 is 0 Å². The molecule has 1 atom stereocenters. The summed E-state index contributed by atoms with van der Waals surface area (Å²) in [6, 6.07) is 0. The second-order valence-electron chi connectivity index (χ2n) is 4.12. The summed E-state index contributed by atoms with van der Waals surface area (Å²) in [6.45, 7) is 1.60. The third-order valence-electron chi connectivity index (χ3n) is 3.18. The fourth-order valence-corrected chi connectivity index (χ4v) is 1.90. The quantitative estimate of drug-likeness (QED) is 0.657. The van der Waals surface area contributed by atoms with E-state index in [1.165, 1.54) is 6.08 Å². The van der Waals surface area contributed by atoms with Gasteiger partial charge in [0.15, 0.2) is 0 Å². The molecule has 14 heavy (non-hydrogen) atoms. The number of hydrogen-bond donors (Lipinski definition) is 2. The van der Waals surface area contributed by atoms with E-state index in [4.69, 9.17) is 5.11 Å². The fourth-order valence-electron chi connectivity index (χ4n) is 1.90. The van der Waals surface area contributed by atoms with Gasteiger partial charge in [-0.3, -0.25) is 4.79 Å². The van der Waals surface area contributed by atoms with Crippen molar-refractivity contribution in [2.45, 2.75) is 26.2 Å². The van der Waals surface area contributed by atoms with Crippen molar-refractivity contribution in [2.75, 3.05) is 0 Å². The van der Waals surface area contributed by atoms with Crippen LogP contribution in [0.5, 0.6) is 0 Å². The Labute approximate surface area is 82.0 Å². The molecule has 2 aliphatic rings. The molecule has 2 saturated carbocycles. The summed E-state index contributed by atoms with van der Waals surface area (Å²) in [5.74, 6) is -1.14. The van der Waals surface area contributed by atoms with Gasteiger partial charge in [-0.25, -0.2) is 4.79 Å². The first-order valence-electron chi connectivity index (χ1n) is 4.79. The largest absolute Gasteiger partial charge is 0.477 e. The molecule has 2 rings (SSSR count). The summed E-state index contributed by atoms with van der Waals surface area (Å²) in [4.78, 5) is 22.1. The zero-order valence-corrected chi connectivity index (χ0v) is 8.04. The third-order valence-corrected chi connectivity index (χ3v) is 3.18. The summed E-state index contributed by atoms with van der Waals surface area (Å²) in [5, 5.41) is 11.1. The molecule has 2 aliphatic carbocycles. The molecule has 76 valence electrons. The molecule has 4 heteroatoms. The molecule has 0 heterocycles. The molecule has 0 radical (unpaired) electrons. The summed E-state index contributed by atoms with van der Waals surface area (Å²) >= 11 is 0. The molecule has 0 saturated heterocycles. The molecule has 2 N–H and O–H groups in total. The van der Waals surface area contributed by atoms with Gasteiger partial charge in [-0.1, -0.05) is 6.08 Å². The maximum absolute atomic E-state index is 11.5. The number of rotatable bonds is 3. The van der Waals surface area contributed by atoms with Crippen LogP contribution in [-0.4, -0.2) is 17.0 Å². The number of hydrogen-bond acceptors (Lipinski definition) is 2. The van der Waals surface area contributed by atoms with E-state index in [-0.39, 0.29) is 22.9 Å². The molecular weight excluding hydrogens is 182 g/mol. The normalized spacial score (nSPS) is 27.2. The zero-order chi connectivity index (χ0) is 10.3. The highest BCUT2D eigenvalue weighted by atomic mass is 16.4. The van der Waals surface area contributed by atoms with E-state index in [1.54, 1.807) is 6.92 Å². The molecule has 0 bridgehead atoms. The molecule has 0 aromatic rings. The van der Waals surface area contributed by atoms with Crippen LogP contribution in [0, 0.1) is 11.3 Å². The van der Waals surface area contributed by atoms with Crippen molar-refractivity contribution in [3.05, 3.63) is 11.8 Å². The van der Waals surface area contributed by atoms with E-state index in [0.717, 1.165) is 19.3 Å². The molecule has 4 nitrogen and oxygen atoms in total. The lowest BCUT2D eigenvalue weighted by Crippen LogP contribution is -2.29. The number of carboxylic acid groups (broad SMARTS) is 1. The lowest BCUT2D eigenvalue weighted by atomic mass is 10.2. The van der Waals surface area contributed by atoms with Gasteiger partial charge in [-0.05, 0) is 31.6 Å². The van der Waals surface area contributed by atoms with Gasteiger partial charge >= 0.3 is 5.97 Å². The SMILES string of the molecule is C/C=C(/NC(=O)C1CC12CC2)C(=O)O. The van der Waals surface area contributed by atoms with Crippen LogP contribution in [0.25, 0.3) is 0 Å². The first-order chi connectivity index (χ1) is 6.59. The number of allylic oxidation sites excluding steroid dienone is 1. The summed E-state index contributed by atoms with van der Waals surface area (Å²) in [6.07, 6.45) is 4.60. The van der Waals surface area contributed by atoms with Gasteiger partial charge in [0.05, 0.1) is 0 Å². The smallest absolute Gasteiger partial charge is 0.352 e. The number of carbonyl (C=O) groups is 2. The maximum atomic E-state index is 11.5. The van der Waals surface area contributed by atoms with Crippen molar-refractivity contribution >= 4 is 11.9 Å². The van der Waals surface area contributed by atoms with Crippen molar-refractivity contribution < 1.29 is 14.7 Å². The Hall–Kier alpha value is -1.32. The number of carbonyl (C=O) groups excluding carboxylic acids is 1. The van der Waals surface area contributed by atoms with Crippen LogP contribution < -0.4 is 5.32 Å². The average molecular weight is 195 g/mol. The Bertz CT molecular complexity index is 328. The molecule has 0 aromatic heterocycles. The monoisotopic (exact) mass is 195 g/mol. The summed E-state index contributed by atoms with van der Waals surface area (Å²) < 4.78 is 0. The number of amides is 1. The van der Waals surface area contributed by atoms with Gasteiger partial charge in [0.25, 0.3) is 0 Å². The van der Waals surface area contributed by atoms with Crippen LogP contribution in [-0.2, 0) is 9.59 Å². The number of carboxylic acids is 1. The van der Waals surface area contributed by atoms with Crippen molar-refractivity contribution in [1.29, 1.82) is 0 Å². The van der Waals surface area contributed by atoms with Gasteiger partial charge in [-0.15, -0.1) is 0 Å². The minimum atomic E-state index is -1.08. The van der Waals surface area contributed by atoms with Crippen molar-refractivity contribution in [1.82, 2.24) is 5.32 Å². The van der Waals surface area contributed by atoms with Gasteiger partial charge in [-0.2, -0.15) is 0 Å². The first-order valence-corrected chi connectivity index (χ1v) is 4.79. The van der Waals surface area contributed by atoms with E-state index in [9.17, 15) is 9.59 Å². The van der Waals surface area contributed by atoms with Crippen molar-refractivity contribution in [2.24, 2.45) is 11.3 Å². The highest BCUT2D eigenvalue weighted by molar-refractivity contribution is 5.94. The highest BCUT2D eigenvalue weighted by Crippen LogP contribution is 2.70. The Morgan fingerprint density at radius 2 is 2.14 bits per heavy atom. The first kappa shape index (κ1) is 9.24. The predicted octanol–water partition coefficient (Wildman–Crippen LogP) is 0.891. The minimum absolute atomic E-state index is 0.0160. The van der Waals surface area contributed by atoms with Gasteiger partial charge in [0.2, 0.25) is 5.91 Å². The van der Waals surface area contributed by atoms with Crippen molar-refractivity contribution in [3.8, 4) is 0 Å². The Morgan fingerprint density at radius 1 is 1.50 bits per heavy atom. The molecule has 1 spiro atoms. The van der Waals surface area contributed by atoms with Gasteiger partial charge < -0.3 is 10.4 Å². The molecule has 2 fully saturated rings. The molecule has 0 aromatic carbocycles. The topological polar surface area (TPSA) is 66.4 Å². The molecular formula is C10H13NO3. The Balaban J connectivity index is 1.91. The van der Waals surface area contributed by atoms with E-state index in [1.807, 2.05) is 0 Å². The van der Waals surface area contributed by atoms with Crippen LogP contribution in [0.2, 0.25) is 0 Å². The van der Waals surface area contributed by atoms with Crippen LogP contribution in [0.3, 0.4) is 0 Å². The van der Waals surface area contributed by atoms with Gasteiger partial charge in [0.1, 0.15) is 5.70 Å². The Morgan fingerprint density at radius 3 is 2.50 bits per heavy atom. The molecule has 0 aliphatic heterocycles. The Kier molecular flexibility index (Phi) is 1.87. The lowest BCUT2D eigenvalue weighted by molar-refractivity contribution is -0.134. The van der Waals surface area contributed by atoms with Crippen LogP contribution in [0.15, 0.2) is 11.8 Å². The molecule has 1 amide bonds. The number of nitrogens with one attached hydrogen (secondary N) is 1. The highest BCUT2D eigenvalue weighted by Gasteiger charge is 2.65. The van der Waals surface area contributed by atoms with Crippen LogP contribution in [0.1, 0.15) is 26.2 Å². The summed E-state index contributed by atoms with van der Waals surface area (Å²) in [5.41, 5.74) is 0.263. The summed E-state index contributed by atoms with van der Waals surface area (Å²) in [7, 11) is 0. The average Bonchev–Trinajstić information content (AvgIpc) is 3.03. The molecule has 1 unspecified atom stereocenters. The van der Waals surface area contributed by atoms with E-state index in [2.05, 4.69) is 5.32 Å². The van der Waals surface area contributed by atoms with E-state index in [0.29, 0.717) is 0 Å². The second kappa shape index (κ2) is 2.83. The zero-order valence-electron chi connectivity index (χ0n) is 8.04. The third kappa shape index (κ3) is 1.41. The van der Waals surface area contributed by atoms with Crippen molar-refractivity contribution in [3.63, 3.8) is 0 Å². The maximum Gasteiger partial charge on any atom is 0.352 e. The van der Waals surface area contributed by atoms with E-state index >= 15 is 0 Å². The minimum Gasteiger partial charge on any atom is -0.477 e. The number of aliphatic carboxylic acids is 1.